The standard InChI is InChI=1S/C14H8Br2ClFO/c15-12-4-2-9(17)6-11(12)14(19)5-8-1-3-10(18)7-13(8)16/h1-4,6-7H,5H2. The Balaban J connectivity index is 2.28. The van der Waals surface area contributed by atoms with Crippen molar-refractivity contribution in [2.75, 3.05) is 0 Å². The molecule has 0 aliphatic carbocycles. The molecule has 0 radical (unpaired) electrons. The van der Waals surface area contributed by atoms with Gasteiger partial charge in [-0.05, 0) is 35.9 Å². The van der Waals surface area contributed by atoms with E-state index in [1.165, 1.54) is 12.1 Å². The first kappa shape index (κ1) is 14.7. The normalized spacial score (nSPS) is 10.5. The zero-order valence-corrected chi connectivity index (χ0v) is 13.5. The zero-order chi connectivity index (χ0) is 14.0. The van der Waals surface area contributed by atoms with Crippen LogP contribution in [-0.2, 0) is 6.42 Å². The van der Waals surface area contributed by atoms with E-state index in [1.807, 2.05) is 0 Å². The number of rotatable bonds is 3. The summed E-state index contributed by atoms with van der Waals surface area (Å²) in [4.78, 5) is 12.2. The Morgan fingerprint density at radius 3 is 2.53 bits per heavy atom. The smallest absolute Gasteiger partial charge is 0.168 e. The Hall–Kier alpha value is -0.710. The van der Waals surface area contributed by atoms with Gasteiger partial charge in [0.25, 0.3) is 0 Å². The van der Waals surface area contributed by atoms with E-state index in [1.54, 1.807) is 24.3 Å². The highest BCUT2D eigenvalue weighted by Gasteiger charge is 2.13. The van der Waals surface area contributed by atoms with Crippen molar-refractivity contribution in [3.05, 3.63) is 67.3 Å². The molecule has 0 saturated heterocycles. The fraction of sp³-hybridized carbons (Fsp3) is 0.0714. The lowest BCUT2D eigenvalue weighted by molar-refractivity contribution is 0.0992. The molecule has 0 spiro atoms. The first-order chi connectivity index (χ1) is 8.97. The quantitative estimate of drug-likeness (QED) is 0.621. The van der Waals surface area contributed by atoms with Gasteiger partial charge >= 0.3 is 0 Å². The van der Waals surface area contributed by atoms with Crippen LogP contribution in [0.3, 0.4) is 0 Å². The van der Waals surface area contributed by atoms with Crippen molar-refractivity contribution in [2.24, 2.45) is 0 Å². The van der Waals surface area contributed by atoms with E-state index in [0.29, 0.717) is 19.5 Å². The van der Waals surface area contributed by atoms with Crippen molar-refractivity contribution < 1.29 is 9.18 Å². The number of halogens is 4. The van der Waals surface area contributed by atoms with Crippen LogP contribution in [0.15, 0.2) is 45.3 Å². The molecule has 0 amide bonds. The molecule has 2 rings (SSSR count). The summed E-state index contributed by atoms with van der Waals surface area (Å²) in [7, 11) is 0. The second kappa shape index (κ2) is 6.16. The van der Waals surface area contributed by atoms with Crippen molar-refractivity contribution >= 4 is 49.2 Å². The van der Waals surface area contributed by atoms with Gasteiger partial charge in [-0.25, -0.2) is 4.39 Å². The maximum atomic E-state index is 13.0. The molecule has 1 nitrogen and oxygen atoms in total. The van der Waals surface area contributed by atoms with Gasteiger partial charge in [-0.1, -0.05) is 49.5 Å². The van der Waals surface area contributed by atoms with Gasteiger partial charge in [0.2, 0.25) is 0 Å². The molecule has 0 aliphatic heterocycles. The SMILES string of the molecule is O=C(Cc1ccc(F)cc1Br)c1cc(Cl)ccc1Br. The van der Waals surface area contributed by atoms with Crippen molar-refractivity contribution in [1.82, 2.24) is 0 Å². The van der Waals surface area contributed by atoms with Crippen LogP contribution in [-0.4, -0.2) is 5.78 Å². The fourth-order valence-corrected chi connectivity index (χ4v) is 2.78. The van der Waals surface area contributed by atoms with Gasteiger partial charge in [0.15, 0.2) is 5.78 Å². The maximum absolute atomic E-state index is 13.0. The Labute approximate surface area is 132 Å². The molecule has 0 bridgehead atoms. The van der Waals surface area contributed by atoms with Crippen molar-refractivity contribution in [1.29, 1.82) is 0 Å². The summed E-state index contributed by atoms with van der Waals surface area (Å²) in [5.41, 5.74) is 1.25. The molecule has 0 aliphatic rings. The van der Waals surface area contributed by atoms with Gasteiger partial charge < -0.3 is 0 Å². The fourth-order valence-electron chi connectivity index (χ4n) is 1.64. The molecule has 0 atom stereocenters. The zero-order valence-electron chi connectivity index (χ0n) is 9.59. The molecule has 0 heterocycles. The van der Waals surface area contributed by atoms with Gasteiger partial charge in [-0.3, -0.25) is 4.79 Å². The first-order valence-electron chi connectivity index (χ1n) is 5.39. The van der Waals surface area contributed by atoms with Gasteiger partial charge in [-0.2, -0.15) is 0 Å². The number of benzene rings is 2. The topological polar surface area (TPSA) is 17.1 Å². The minimum Gasteiger partial charge on any atom is -0.294 e. The van der Waals surface area contributed by atoms with Crippen molar-refractivity contribution in [2.45, 2.75) is 6.42 Å². The highest BCUT2D eigenvalue weighted by atomic mass is 79.9. The molecule has 0 aromatic heterocycles. The van der Waals surface area contributed by atoms with Gasteiger partial charge in [0.1, 0.15) is 5.82 Å². The summed E-state index contributed by atoms with van der Waals surface area (Å²) in [6.45, 7) is 0. The van der Waals surface area contributed by atoms with Crippen LogP contribution in [0.2, 0.25) is 5.02 Å². The average Bonchev–Trinajstić information content (AvgIpc) is 2.35. The van der Waals surface area contributed by atoms with Crippen LogP contribution >= 0.6 is 43.5 Å². The summed E-state index contributed by atoms with van der Waals surface area (Å²) in [6, 6.07) is 9.32. The van der Waals surface area contributed by atoms with Gasteiger partial charge in [-0.15, -0.1) is 0 Å². The molecule has 0 fully saturated rings. The highest BCUT2D eigenvalue weighted by Crippen LogP contribution is 2.25. The van der Waals surface area contributed by atoms with Crippen LogP contribution < -0.4 is 0 Å². The average molecular weight is 406 g/mol. The number of Topliss-reactive ketones (excluding diaryl/α,β-unsaturated/α-hetero) is 1. The minimum absolute atomic E-state index is 0.0818. The maximum Gasteiger partial charge on any atom is 0.168 e. The molecule has 0 N–H and O–H groups in total. The number of ketones is 1. The summed E-state index contributed by atoms with van der Waals surface area (Å²) in [5, 5.41) is 0.504. The van der Waals surface area contributed by atoms with Crippen LogP contribution in [0.25, 0.3) is 0 Å². The molecular formula is C14H8Br2ClFO. The molecule has 5 heteroatoms. The predicted molar refractivity (Wildman–Crippen MR) is 81.3 cm³/mol. The van der Waals surface area contributed by atoms with E-state index >= 15 is 0 Å². The third kappa shape index (κ3) is 3.65. The molecule has 19 heavy (non-hydrogen) atoms. The number of hydrogen-bond donors (Lipinski definition) is 0. The first-order valence-corrected chi connectivity index (χ1v) is 7.36. The van der Waals surface area contributed by atoms with E-state index < -0.39 is 0 Å². The number of carbonyl (C=O) groups is 1. The van der Waals surface area contributed by atoms with Crippen LogP contribution in [0.5, 0.6) is 0 Å². The third-order valence-corrected chi connectivity index (χ3v) is 4.26. The largest absolute Gasteiger partial charge is 0.294 e. The van der Waals surface area contributed by atoms with E-state index in [0.717, 1.165) is 5.56 Å². The van der Waals surface area contributed by atoms with E-state index in [-0.39, 0.29) is 18.0 Å². The van der Waals surface area contributed by atoms with E-state index in [2.05, 4.69) is 31.9 Å². The van der Waals surface area contributed by atoms with Gasteiger partial charge in [0.05, 0.1) is 0 Å². The second-order valence-electron chi connectivity index (χ2n) is 3.96. The second-order valence-corrected chi connectivity index (χ2v) is 6.10. The van der Waals surface area contributed by atoms with E-state index in [9.17, 15) is 9.18 Å². The lowest BCUT2D eigenvalue weighted by Crippen LogP contribution is -2.05. The van der Waals surface area contributed by atoms with Crippen LogP contribution in [0.4, 0.5) is 4.39 Å². The molecule has 0 unspecified atom stereocenters. The third-order valence-electron chi connectivity index (χ3n) is 2.59. The van der Waals surface area contributed by atoms with Crippen LogP contribution in [0, 0.1) is 5.82 Å². The summed E-state index contributed by atoms with van der Waals surface area (Å²) in [5.74, 6) is -0.423. The summed E-state index contributed by atoms with van der Waals surface area (Å²) in [6.07, 6.45) is 0.180. The molecule has 2 aromatic rings. The highest BCUT2D eigenvalue weighted by molar-refractivity contribution is 9.10. The Kier molecular flexibility index (Phi) is 4.76. The minimum atomic E-state index is -0.341. The lowest BCUT2D eigenvalue weighted by Gasteiger charge is -2.06. The molecule has 98 valence electrons. The molecular weight excluding hydrogens is 398 g/mol. The lowest BCUT2D eigenvalue weighted by atomic mass is 10.0. The van der Waals surface area contributed by atoms with Crippen LogP contribution in [0.1, 0.15) is 15.9 Å². The van der Waals surface area contributed by atoms with Gasteiger partial charge in [0, 0.05) is 26.0 Å². The Bertz CT molecular complexity index is 643. The summed E-state index contributed by atoms with van der Waals surface area (Å²) < 4.78 is 14.3. The molecule has 0 saturated carbocycles. The van der Waals surface area contributed by atoms with Crippen molar-refractivity contribution in [3.8, 4) is 0 Å². The van der Waals surface area contributed by atoms with E-state index in [4.69, 9.17) is 11.6 Å². The number of hydrogen-bond acceptors (Lipinski definition) is 1. The number of carbonyl (C=O) groups excluding carboxylic acids is 1. The molecule has 2 aromatic carbocycles. The predicted octanol–water partition coefficient (Wildman–Crippen LogP) is 5.43. The summed E-state index contributed by atoms with van der Waals surface area (Å²) >= 11 is 12.5. The van der Waals surface area contributed by atoms with Crippen molar-refractivity contribution in [3.63, 3.8) is 0 Å². The Morgan fingerprint density at radius 1 is 1.11 bits per heavy atom. The monoisotopic (exact) mass is 404 g/mol. The Morgan fingerprint density at radius 2 is 1.84 bits per heavy atom.